The number of nitrogens with two attached hydrogens (primary N) is 1. The van der Waals surface area contributed by atoms with E-state index in [1.165, 1.54) is 43.2 Å². The maximum atomic E-state index is 6.92. The minimum atomic E-state index is -0.599. The van der Waals surface area contributed by atoms with Gasteiger partial charge in [0.1, 0.15) is 5.75 Å². The maximum absolute atomic E-state index is 6.92. The third kappa shape index (κ3) is 3.97. The fourth-order valence-electron chi connectivity index (χ4n) is 5.07. The summed E-state index contributed by atoms with van der Waals surface area (Å²) in [6.07, 6.45) is 6.41. The Morgan fingerprint density at radius 3 is 2.19 bits per heavy atom. The third-order valence-corrected chi connectivity index (χ3v) is 6.79. The Morgan fingerprint density at radius 1 is 0.781 bits per heavy atom. The summed E-state index contributed by atoms with van der Waals surface area (Å²) in [5, 5.41) is 2.48. The molecule has 5 rings (SSSR count). The van der Waals surface area contributed by atoms with Crippen molar-refractivity contribution in [2.75, 3.05) is 0 Å². The lowest BCUT2D eigenvalue weighted by Crippen LogP contribution is -3.01. The Morgan fingerprint density at radius 2 is 1.44 bits per heavy atom. The van der Waals surface area contributed by atoms with Crippen LogP contribution in [-0.4, -0.2) is 6.04 Å². The first-order chi connectivity index (χ1) is 15.8. The van der Waals surface area contributed by atoms with Crippen LogP contribution in [0.25, 0.3) is 5.57 Å². The zero-order valence-electron chi connectivity index (χ0n) is 18.7. The molecule has 2 N–H and O–H groups in total. The second-order valence-electron chi connectivity index (χ2n) is 8.88. The molecule has 2 nitrogen and oxygen atoms in total. The highest BCUT2D eigenvalue weighted by molar-refractivity contribution is 5.87. The number of benzene rings is 3. The van der Waals surface area contributed by atoms with Crippen molar-refractivity contribution in [1.82, 2.24) is 0 Å². The highest BCUT2D eigenvalue weighted by Gasteiger charge is 2.47. The Bertz CT molecular complexity index is 1160. The highest BCUT2D eigenvalue weighted by atomic mass is 16.5. The quantitative estimate of drug-likeness (QED) is 0.544. The molecule has 3 aromatic rings. The van der Waals surface area contributed by atoms with Gasteiger partial charge in [0.05, 0.1) is 17.2 Å². The van der Waals surface area contributed by atoms with Crippen LogP contribution in [0.2, 0.25) is 0 Å². The van der Waals surface area contributed by atoms with E-state index in [9.17, 15) is 0 Å². The first-order valence-corrected chi connectivity index (χ1v) is 11.7. The van der Waals surface area contributed by atoms with Gasteiger partial charge >= 0.3 is 0 Å². The molecule has 0 amide bonds. The highest BCUT2D eigenvalue weighted by Crippen LogP contribution is 2.42. The van der Waals surface area contributed by atoms with Crippen molar-refractivity contribution in [3.8, 4) is 17.6 Å². The minimum Gasteiger partial charge on any atom is -0.432 e. The molecule has 0 spiro atoms. The Hall–Kier alpha value is -3.28. The van der Waals surface area contributed by atoms with E-state index in [0.29, 0.717) is 6.04 Å². The molecule has 0 unspecified atom stereocenters. The van der Waals surface area contributed by atoms with Crippen LogP contribution in [0, 0.1) is 11.8 Å². The number of para-hydroxylation sites is 1. The van der Waals surface area contributed by atoms with Gasteiger partial charge in [0.15, 0.2) is 0 Å². The molecule has 2 aliphatic rings. The lowest BCUT2D eigenvalue weighted by molar-refractivity contribution is -0.790. The predicted octanol–water partition coefficient (Wildman–Crippen LogP) is 5.65. The molecule has 0 saturated heterocycles. The van der Waals surface area contributed by atoms with Crippen LogP contribution < -0.4 is 10.1 Å². The van der Waals surface area contributed by atoms with Gasteiger partial charge in [-0.25, -0.2) is 0 Å². The Kier molecular flexibility index (Phi) is 5.84. The number of ether oxygens (including phenoxy) is 1. The zero-order chi connectivity index (χ0) is 21.8. The number of hydrogen-bond acceptors (Lipinski definition) is 1. The van der Waals surface area contributed by atoms with E-state index in [-0.39, 0.29) is 0 Å². The average Bonchev–Trinajstić information content (AvgIpc) is 2.86. The first kappa shape index (κ1) is 20.6. The summed E-state index contributed by atoms with van der Waals surface area (Å²) in [5.74, 6) is 7.85. The van der Waals surface area contributed by atoms with E-state index in [1.807, 2.05) is 18.2 Å². The summed E-state index contributed by atoms with van der Waals surface area (Å²) in [5.41, 5.74) is 4.94. The number of fused-ring (bicyclic) bond motifs is 1. The minimum absolute atomic E-state index is 0.549. The number of rotatable bonds is 3. The fraction of sp³-hybridized carbons (Fsp3) is 0.267. The molecular weight excluding hydrogens is 390 g/mol. The monoisotopic (exact) mass is 420 g/mol. The molecule has 0 aromatic heterocycles. The van der Waals surface area contributed by atoms with Gasteiger partial charge in [0.25, 0.3) is 5.72 Å². The lowest BCUT2D eigenvalue weighted by Gasteiger charge is -2.40. The van der Waals surface area contributed by atoms with Crippen LogP contribution in [0.1, 0.15) is 55.7 Å². The lowest BCUT2D eigenvalue weighted by atomic mass is 9.84. The SMILES string of the molecule is CC1=C(C#Cc2ccccc2)c2ccccc2O[C@@]1([NH2+]C1CCCCC1)c1ccccc1. The second-order valence-corrected chi connectivity index (χ2v) is 8.88. The van der Waals surface area contributed by atoms with E-state index in [0.717, 1.165) is 22.4 Å². The van der Waals surface area contributed by atoms with Gasteiger partial charge in [-0.2, -0.15) is 0 Å². The Labute approximate surface area is 191 Å². The van der Waals surface area contributed by atoms with Crippen LogP contribution >= 0.6 is 0 Å². The molecule has 1 saturated carbocycles. The summed E-state index contributed by atoms with van der Waals surface area (Å²) in [6.45, 7) is 2.21. The second kappa shape index (κ2) is 9.07. The molecule has 0 bridgehead atoms. The molecule has 32 heavy (non-hydrogen) atoms. The number of quaternary nitrogens is 1. The molecule has 3 aromatic carbocycles. The largest absolute Gasteiger partial charge is 0.432 e. The summed E-state index contributed by atoms with van der Waals surface area (Å²) < 4.78 is 6.92. The van der Waals surface area contributed by atoms with Crippen molar-refractivity contribution >= 4 is 5.57 Å². The normalized spacial score (nSPS) is 20.7. The summed E-state index contributed by atoms with van der Waals surface area (Å²) in [6, 6.07) is 29.8. The van der Waals surface area contributed by atoms with Gasteiger partial charge in [-0.15, -0.1) is 0 Å². The molecule has 1 fully saturated rings. The molecule has 160 valence electrons. The standard InChI is InChI=1S/C30H29NO/c1-23-27(22-21-24-13-5-2-6-14-24)28-19-11-12-20-29(28)32-30(23,25-15-7-3-8-16-25)31-26-17-9-4-10-18-26/h2-3,5-8,11-16,19-20,26,31H,4,9-10,17-18H2,1H3/p+1/t30-/m1/s1. The van der Waals surface area contributed by atoms with Crippen molar-refractivity contribution < 1.29 is 10.1 Å². The predicted molar refractivity (Wildman–Crippen MR) is 130 cm³/mol. The van der Waals surface area contributed by atoms with Gasteiger partial charge in [0.2, 0.25) is 0 Å². The molecule has 1 atom stereocenters. The zero-order valence-corrected chi connectivity index (χ0v) is 18.7. The van der Waals surface area contributed by atoms with Gasteiger partial charge in [-0.3, -0.25) is 5.32 Å². The Balaban J connectivity index is 1.68. The van der Waals surface area contributed by atoms with Crippen molar-refractivity contribution in [3.05, 3.63) is 107 Å². The summed E-state index contributed by atoms with van der Waals surface area (Å²) in [7, 11) is 0. The van der Waals surface area contributed by atoms with E-state index in [1.54, 1.807) is 0 Å². The van der Waals surface area contributed by atoms with E-state index in [2.05, 4.69) is 90.8 Å². The molecular formula is C30H30NO+. The van der Waals surface area contributed by atoms with Crippen LogP contribution in [-0.2, 0) is 5.72 Å². The fourth-order valence-corrected chi connectivity index (χ4v) is 5.07. The maximum Gasteiger partial charge on any atom is 0.291 e. The van der Waals surface area contributed by atoms with Gasteiger partial charge in [-0.05, 0) is 69.0 Å². The molecule has 1 aliphatic carbocycles. The van der Waals surface area contributed by atoms with Crippen LogP contribution in [0.3, 0.4) is 0 Å². The van der Waals surface area contributed by atoms with E-state index >= 15 is 0 Å². The topological polar surface area (TPSA) is 25.8 Å². The van der Waals surface area contributed by atoms with Crippen molar-refractivity contribution in [1.29, 1.82) is 0 Å². The average molecular weight is 421 g/mol. The van der Waals surface area contributed by atoms with E-state index in [4.69, 9.17) is 4.74 Å². The van der Waals surface area contributed by atoms with Gasteiger partial charge in [0, 0.05) is 16.7 Å². The first-order valence-electron chi connectivity index (χ1n) is 11.7. The summed E-state index contributed by atoms with van der Waals surface area (Å²) in [4.78, 5) is 0. The smallest absolute Gasteiger partial charge is 0.291 e. The van der Waals surface area contributed by atoms with Gasteiger partial charge in [-0.1, -0.05) is 66.8 Å². The van der Waals surface area contributed by atoms with Crippen LogP contribution in [0.15, 0.2) is 90.5 Å². The van der Waals surface area contributed by atoms with Crippen LogP contribution in [0.5, 0.6) is 5.75 Å². The molecule has 0 radical (unpaired) electrons. The van der Waals surface area contributed by atoms with Crippen molar-refractivity contribution in [3.63, 3.8) is 0 Å². The molecule has 1 aliphatic heterocycles. The van der Waals surface area contributed by atoms with Gasteiger partial charge < -0.3 is 4.74 Å². The number of hydrogen-bond donors (Lipinski definition) is 1. The van der Waals surface area contributed by atoms with Crippen molar-refractivity contribution in [2.45, 2.75) is 50.8 Å². The molecule has 2 heteroatoms. The molecule has 1 heterocycles. The third-order valence-electron chi connectivity index (χ3n) is 6.79. The number of allylic oxidation sites excluding steroid dienone is 1. The van der Waals surface area contributed by atoms with Crippen molar-refractivity contribution in [2.24, 2.45) is 0 Å². The summed E-state index contributed by atoms with van der Waals surface area (Å²) >= 11 is 0. The van der Waals surface area contributed by atoms with Crippen LogP contribution in [0.4, 0.5) is 0 Å². The van der Waals surface area contributed by atoms with E-state index < -0.39 is 5.72 Å².